The third-order valence-corrected chi connectivity index (χ3v) is 3.80. The molecule has 0 saturated heterocycles. The Morgan fingerprint density at radius 1 is 0.958 bits per heavy atom. The average Bonchev–Trinajstić information content (AvgIpc) is 2.63. The highest BCUT2D eigenvalue weighted by Gasteiger charge is 2.06. The fourth-order valence-corrected chi connectivity index (χ4v) is 2.57. The summed E-state index contributed by atoms with van der Waals surface area (Å²) in [5, 5.41) is 7.67. The summed E-state index contributed by atoms with van der Waals surface area (Å²) in [6.07, 6.45) is 0.900. The van der Waals surface area contributed by atoms with Gasteiger partial charge < -0.3 is 15.4 Å². The minimum absolute atomic E-state index is 0.651. The van der Waals surface area contributed by atoms with Gasteiger partial charge in [0.15, 0.2) is 0 Å². The van der Waals surface area contributed by atoms with Gasteiger partial charge in [-0.25, -0.2) is 4.98 Å². The van der Waals surface area contributed by atoms with Crippen LogP contribution in [0.5, 0.6) is 5.75 Å². The summed E-state index contributed by atoms with van der Waals surface area (Å²) in [6.45, 7) is 3.66. The van der Waals surface area contributed by atoms with Crippen molar-refractivity contribution in [3.63, 3.8) is 0 Å². The maximum absolute atomic E-state index is 5.18. The van der Waals surface area contributed by atoms with E-state index in [0.29, 0.717) is 5.95 Å². The van der Waals surface area contributed by atoms with Crippen LogP contribution < -0.4 is 15.4 Å². The summed E-state index contributed by atoms with van der Waals surface area (Å²) in [4.78, 5) is 9.19. The predicted molar refractivity (Wildman–Crippen MR) is 98.9 cm³/mol. The molecule has 0 spiro atoms. The largest absolute Gasteiger partial charge is 0.497 e. The van der Waals surface area contributed by atoms with E-state index in [0.717, 1.165) is 42.0 Å². The fourth-order valence-electron chi connectivity index (χ4n) is 2.57. The average molecular weight is 322 g/mol. The van der Waals surface area contributed by atoms with Crippen molar-refractivity contribution < 1.29 is 4.74 Å². The van der Waals surface area contributed by atoms with Gasteiger partial charge in [-0.05, 0) is 43.2 Å². The number of fused-ring (bicyclic) bond motifs is 1. The summed E-state index contributed by atoms with van der Waals surface area (Å²) in [5.74, 6) is 2.40. The lowest BCUT2D eigenvalue weighted by Crippen LogP contribution is -2.10. The quantitative estimate of drug-likeness (QED) is 0.694. The molecule has 24 heavy (non-hydrogen) atoms. The van der Waals surface area contributed by atoms with Gasteiger partial charge in [-0.15, -0.1) is 0 Å². The van der Waals surface area contributed by atoms with E-state index in [-0.39, 0.29) is 0 Å². The summed E-state index contributed by atoms with van der Waals surface area (Å²) in [5.41, 5.74) is 2.19. The molecule has 0 aliphatic heterocycles. The zero-order chi connectivity index (χ0) is 16.8. The van der Waals surface area contributed by atoms with Gasteiger partial charge in [0.1, 0.15) is 11.6 Å². The first-order valence-electron chi connectivity index (χ1n) is 8.17. The molecule has 0 aliphatic carbocycles. The van der Waals surface area contributed by atoms with Gasteiger partial charge in [0, 0.05) is 18.5 Å². The smallest absolute Gasteiger partial charge is 0.225 e. The highest BCUT2D eigenvalue weighted by Crippen LogP contribution is 2.21. The van der Waals surface area contributed by atoms with E-state index in [4.69, 9.17) is 4.74 Å². The van der Waals surface area contributed by atoms with Gasteiger partial charge in [-0.3, -0.25) is 0 Å². The second-order valence-corrected chi connectivity index (χ2v) is 5.47. The highest BCUT2D eigenvalue weighted by atomic mass is 16.5. The van der Waals surface area contributed by atoms with Crippen LogP contribution in [0.3, 0.4) is 0 Å². The van der Waals surface area contributed by atoms with Crippen LogP contribution in [0.25, 0.3) is 10.9 Å². The lowest BCUT2D eigenvalue weighted by molar-refractivity contribution is 0.414. The van der Waals surface area contributed by atoms with Gasteiger partial charge in [-0.2, -0.15) is 4.98 Å². The Morgan fingerprint density at radius 2 is 1.75 bits per heavy atom. The number of aromatic nitrogens is 2. The summed E-state index contributed by atoms with van der Waals surface area (Å²) >= 11 is 0. The number of hydrogen-bond donors (Lipinski definition) is 2. The molecule has 0 bridgehead atoms. The summed E-state index contributed by atoms with van der Waals surface area (Å²) in [7, 11) is 1.68. The van der Waals surface area contributed by atoms with Crippen LogP contribution in [0, 0.1) is 0 Å². The van der Waals surface area contributed by atoms with Crippen molar-refractivity contribution in [2.75, 3.05) is 30.8 Å². The second-order valence-electron chi connectivity index (χ2n) is 5.47. The number of rotatable bonds is 7. The van der Waals surface area contributed by atoms with Crippen LogP contribution in [0.2, 0.25) is 0 Å². The number of hydrogen-bond acceptors (Lipinski definition) is 5. The number of nitrogens with one attached hydrogen (secondary N) is 2. The first-order valence-corrected chi connectivity index (χ1v) is 8.17. The van der Waals surface area contributed by atoms with Crippen molar-refractivity contribution in [2.45, 2.75) is 13.3 Å². The Bertz CT molecular complexity index is 802. The molecule has 1 heterocycles. The Morgan fingerprint density at radius 3 is 2.50 bits per heavy atom. The van der Waals surface area contributed by atoms with Crippen molar-refractivity contribution in [1.82, 2.24) is 9.97 Å². The predicted octanol–water partition coefficient (Wildman–Crippen LogP) is 3.72. The van der Waals surface area contributed by atoms with Gasteiger partial charge in [0.25, 0.3) is 0 Å². The van der Waals surface area contributed by atoms with Gasteiger partial charge in [0.2, 0.25) is 5.95 Å². The molecule has 0 unspecified atom stereocenters. The lowest BCUT2D eigenvalue weighted by Gasteiger charge is -2.11. The van der Waals surface area contributed by atoms with E-state index in [9.17, 15) is 0 Å². The summed E-state index contributed by atoms with van der Waals surface area (Å²) in [6, 6.07) is 16.1. The minimum atomic E-state index is 0.651. The van der Waals surface area contributed by atoms with Crippen molar-refractivity contribution in [2.24, 2.45) is 0 Å². The molecular formula is C19H22N4O. The molecule has 2 aromatic carbocycles. The van der Waals surface area contributed by atoms with E-state index in [1.54, 1.807) is 7.11 Å². The van der Waals surface area contributed by atoms with Crippen LogP contribution in [-0.4, -0.2) is 30.2 Å². The van der Waals surface area contributed by atoms with Crippen molar-refractivity contribution >= 4 is 22.7 Å². The molecule has 124 valence electrons. The molecule has 2 N–H and O–H groups in total. The van der Waals surface area contributed by atoms with Crippen molar-refractivity contribution in [1.29, 1.82) is 0 Å². The van der Waals surface area contributed by atoms with Crippen LogP contribution >= 0.6 is 0 Å². The Labute approximate surface area is 142 Å². The zero-order valence-corrected chi connectivity index (χ0v) is 14.0. The van der Waals surface area contributed by atoms with Crippen molar-refractivity contribution in [3.05, 3.63) is 54.1 Å². The van der Waals surface area contributed by atoms with Gasteiger partial charge >= 0.3 is 0 Å². The molecule has 1 aromatic heterocycles. The Balaban J connectivity index is 1.70. The van der Waals surface area contributed by atoms with E-state index in [1.807, 2.05) is 36.4 Å². The van der Waals surface area contributed by atoms with Crippen LogP contribution in [0.1, 0.15) is 12.5 Å². The monoisotopic (exact) mass is 322 g/mol. The minimum Gasteiger partial charge on any atom is -0.497 e. The van der Waals surface area contributed by atoms with Crippen LogP contribution in [-0.2, 0) is 6.42 Å². The highest BCUT2D eigenvalue weighted by molar-refractivity contribution is 5.89. The number of nitrogens with zero attached hydrogens (tertiary/aromatic N) is 2. The van der Waals surface area contributed by atoms with Gasteiger partial charge in [0.05, 0.1) is 12.6 Å². The summed E-state index contributed by atoms with van der Waals surface area (Å²) < 4.78 is 5.18. The Kier molecular flexibility index (Phi) is 5.11. The second kappa shape index (κ2) is 7.64. The normalized spacial score (nSPS) is 10.6. The van der Waals surface area contributed by atoms with Crippen molar-refractivity contribution in [3.8, 4) is 5.75 Å². The topological polar surface area (TPSA) is 59.1 Å². The molecule has 3 aromatic rings. The first-order chi connectivity index (χ1) is 11.8. The fraction of sp³-hybridized carbons (Fsp3) is 0.263. The van der Waals surface area contributed by atoms with Gasteiger partial charge in [-0.1, -0.05) is 24.3 Å². The lowest BCUT2D eigenvalue weighted by atomic mass is 10.1. The molecule has 3 rings (SSSR count). The van der Waals surface area contributed by atoms with Crippen LogP contribution in [0.15, 0.2) is 48.5 Å². The number of anilines is 2. The van der Waals surface area contributed by atoms with E-state index in [2.05, 4.69) is 39.7 Å². The molecule has 0 atom stereocenters. The maximum Gasteiger partial charge on any atom is 0.225 e. The molecular weight excluding hydrogens is 300 g/mol. The number of para-hydroxylation sites is 1. The van der Waals surface area contributed by atoms with E-state index in [1.165, 1.54) is 5.56 Å². The molecule has 5 heteroatoms. The molecule has 0 amide bonds. The Hall–Kier alpha value is -2.82. The van der Waals surface area contributed by atoms with E-state index < -0.39 is 0 Å². The molecule has 5 nitrogen and oxygen atoms in total. The first kappa shape index (κ1) is 16.1. The molecule has 0 fully saturated rings. The number of benzene rings is 2. The van der Waals surface area contributed by atoms with Crippen LogP contribution in [0.4, 0.5) is 11.8 Å². The third kappa shape index (κ3) is 3.74. The molecule has 0 aliphatic rings. The van der Waals surface area contributed by atoms with E-state index >= 15 is 0 Å². The molecule has 0 radical (unpaired) electrons. The third-order valence-electron chi connectivity index (χ3n) is 3.80. The SMILES string of the molecule is CCNc1nc(NCCc2ccc(OC)cc2)nc2ccccc12. The zero-order valence-electron chi connectivity index (χ0n) is 14.0. The standard InChI is InChI=1S/C19H22N4O/c1-3-20-18-16-6-4-5-7-17(16)22-19(23-18)21-13-12-14-8-10-15(24-2)11-9-14/h4-11H,3,12-13H2,1-2H3,(H2,20,21,22,23). The maximum atomic E-state index is 5.18. The number of ether oxygens (including phenoxy) is 1. The number of methoxy groups -OCH3 is 1. The molecule has 0 saturated carbocycles.